The van der Waals surface area contributed by atoms with E-state index in [4.69, 9.17) is 5.73 Å². The van der Waals surface area contributed by atoms with Crippen LogP contribution in [0.25, 0.3) is 0 Å². The van der Waals surface area contributed by atoms with Gasteiger partial charge in [-0.1, -0.05) is 6.08 Å². The molecule has 88 valence electrons. The molecule has 4 heteroatoms. The van der Waals surface area contributed by atoms with Crippen LogP contribution >= 0.6 is 0 Å². The number of nitrogens with two attached hydrogens (primary N) is 1. The summed E-state index contributed by atoms with van der Waals surface area (Å²) < 4.78 is 38.5. The summed E-state index contributed by atoms with van der Waals surface area (Å²) in [6.45, 7) is 3.56. The molecule has 0 heterocycles. The largest absolute Gasteiger partial charge is 0.324 e. The SMILES string of the molecule is C=CCCCC(N)c1cc(F)c(F)c(F)c1. The number of allylic oxidation sites excluding steroid dienone is 1. The summed E-state index contributed by atoms with van der Waals surface area (Å²) in [6, 6.07) is 1.40. The lowest BCUT2D eigenvalue weighted by atomic mass is 10.0. The fraction of sp³-hybridized carbons (Fsp3) is 0.333. The molecule has 16 heavy (non-hydrogen) atoms. The van der Waals surface area contributed by atoms with Gasteiger partial charge in [0, 0.05) is 6.04 Å². The zero-order chi connectivity index (χ0) is 12.1. The third-order valence-corrected chi connectivity index (χ3v) is 2.36. The maximum Gasteiger partial charge on any atom is 0.194 e. The number of halogens is 3. The van der Waals surface area contributed by atoms with Crippen molar-refractivity contribution in [2.75, 3.05) is 0 Å². The Kier molecular flexibility index (Phi) is 4.55. The normalized spacial score (nSPS) is 12.5. The second-order valence-corrected chi connectivity index (χ2v) is 3.62. The molecule has 0 saturated carbocycles. The highest BCUT2D eigenvalue weighted by Gasteiger charge is 2.14. The van der Waals surface area contributed by atoms with Gasteiger partial charge >= 0.3 is 0 Å². The van der Waals surface area contributed by atoms with Gasteiger partial charge < -0.3 is 5.73 Å². The smallest absolute Gasteiger partial charge is 0.194 e. The van der Waals surface area contributed by atoms with Crippen LogP contribution in [-0.2, 0) is 0 Å². The summed E-state index contributed by atoms with van der Waals surface area (Å²) in [7, 11) is 0. The second kappa shape index (κ2) is 5.70. The van der Waals surface area contributed by atoms with Crippen LogP contribution in [0, 0.1) is 17.5 Å². The van der Waals surface area contributed by atoms with E-state index in [9.17, 15) is 13.2 Å². The first-order chi connectivity index (χ1) is 7.56. The van der Waals surface area contributed by atoms with E-state index in [1.807, 2.05) is 0 Å². The molecule has 0 fully saturated rings. The van der Waals surface area contributed by atoms with Gasteiger partial charge in [-0.15, -0.1) is 6.58 Å². The maximum absolute atomic E-state index is 12.9. The zero-order valence-corrected chi connectivity index (χ0v) is 8.85. The van der Waals surface area contributed by atoms with Crippen molar-refractivity contribution < 1.29 is 13.2 Å². The molecule has 1 atom stereocenters. The standard InChI is InChI=1S/C12H14F3N/c1-2-3-4-5-11(16)8-6-9(13)12(15)10(14)7-8/h2,6-7,11H,1,3-5,16H2. The van der Waals surface area contributed by atoms with Crippen LogP contribution < -0.4 is 5.73 Å². The van der Waals surface area contributed by atoms with E-state index in [-0.39, 0.29) is 5.56 Å². The van der Waals surface area contributed by atoms with Crippen LogP contribution in [0.2, 0.25) is 0 Å². The summed E-state index contributed by atoms with van der Waals surface area (Å²) in [5.74, 6) is -3.86. The Hall–Kier alpha value is -1.29. The molecule has 0 spiro atoms. The van der Waals surface area contributed by atoms with Gasteiger partial charge in [-0.05, 0) is 37.0 Å². The molecular formula is C12H14F3N. The van der Waals surface area contributed by atoms with Crippen LogP contribution in [-0.4, -0.2) is 0 Å². The van der Waals surface area contributed by atoms with Crippen molar-refractivity contribution in [2.45, 2.75) is 25.3 Å². The fourth-order valence-electron chi connectivity index (χ4n) is 1.44. The summed E-state index contributed by atoms with van der Waals surface area (Å²) in [6.07, 6.45) is 3.90. The van der Waals surface area contributed by atoms with Crippen LogP contribution in [0.5, 0.6) is 0 Å². The monoisotopic (exact) mass is 229 g/mol. The number of rotatable bonds is 5. The molecule has 0 saturated heterocycles. The van der Waals surface area contributed by atoms with Gasteiger partial charge in [0.05, 0.1) is 0 Å². The van der Waals surface area contributed by atoms with Crippen molar-refractivity contribution >= 4 is 0 Å². The fourth-order valence-corrected chi connectivity index (χ4v) is 1.44. The van der Waals surface area contributed by atoms with E-state index in [2.05, 4.69) is 6.58 Å². The van der Waals surface area contributed by atoms with E-state index in [0.717, 1.165) is 25.0 Å². The average Bonchev–Trinajstić information content (AvgIpc) is 2.25. The second-order valence-electron chi connectivity index (χ2n) is 3.62. The Morgan fingerprint density at radius 1 is 1.25 bits per heavy atom. The lowest BCUT2D eigenvalue weighted by Crippen LogP contribution is -2.11. The van der Waals surface area contributed by atoms with Crippen LogP contribution in [0.3, 0.4) is 0 Å². The Bertz CT molecular complexity index is 354. The minimum atomic E-state index is -1.46. The Morgan fingerprint density at radius 3 is 2.31 bits per heavy atom. The molecular weight excluding hydrogens is 215 g/mol. The number of unbranched alkanes of at least 4 members (excludes halogenated alkanes) is 1. The van der Waals surface area contributed by atoms with E-state index < -0.39 is 23.5 Å². The van der Waals surface area contributed by atoms with Gasteiger partial charge in [0.15, 0.2) is 17.5 Å². The molecule has 0 bridgehead atoms. The quantitative estimate of drug-likeness (QED) is 0.467. The molecule has 1 aromatic carbocycles. The topological polar surface area (TPSA) is 26.0 Å². The van der Waals surface area contributed by atoms with Gasteiger partial charge in [-0.25, -0.2) is 13.2 Å². The molecule has 1 unspecified atom stereocenters. The molecule has 1 rings (SSSR count). The molecule has 0 aliphatic carbocycles. The first kappa shape index (κ1) is 12.8. The lowest BCUT2D eigenvalue weighted by Gasteiger charge is -2.11. The number of hydrogen-bond donors (Lipinski definition) is 1. The molecule has 0 aliphatic rings. The van der Waals surface area contributed by atoms with Gasteiger partial charge in [0.2, 0.25) is 0 Å². The van der Waals surface area contributed by atoms with Crippen molar-refractivity contribution in [3.63, 3.8) is 0 Å². The summed E-state index contributed by atoms with van der Waals surface area (Å²) in [4.78, 5) is 0. The molecule has 0 aliphatic heterocycles. The number of benzene rings is 1. The molecule has 2 N–H and O–H groups in total. The van der Waals surface area contributed by atoms with Crippen LogP contribution in [0.15, 0.2) is 24.8 Å². The van der Waals surface area contributed by atoms with Gasteiger partial charge in [0.1, 0.15) is 0 Å². The lowest BCUT2D eigenvalue weighted by molar-refractivity contribution is 0.442. The van der Waals surface area contributed by atoms with Gasteiger partial charge in [-0.3, -0.25) is 0 Å². The summed E-state index contributed by atoms with van der Waals surface area (Å²) >= 11 is 0. The summed E-state index contributed by atoms with van der Waals surface area (Å²) in [5.41, 5.74) is 6.01. The Morgan fingerprint density at radius 2 is 1.81 bits per heavy atom. The molecule has 1 aromatic rings. The third kappa shape index (κ3) is 3.10. The van der Waals surface area contributed by atoms with Crippen molar-refractivity contribution in [3.8, 4) is 0 Å². The van der Waals surface area contributed by atoms with Gasteiger partial charge in [0.25, 0.3) is 0 Å². The minimum Gasteiger partial charge on any atom is -0.324 e. The van der Waals surface area contributed by atoms with Crippen LogP contribution in [0.1, 0.15) is 30.9 Å². The molecule has 0 aromatic heterocycles. The van der Waals surface area contributed by atoms with Crippen LogP contribution in [0.4, 0.5) is 13.2 Å². The third-order valence-electron chi connectivity index (χ3n) is 2.36. The minimum absolute atomic E-state index is 0.278. The Balaban J connectivity index is 2.75. The van der Waals surface area contributed by atoms with E-state index in [0.29, 0.717) is 6.42 Å². The molecule has 0 amide bonds. The predicted octanol–water partition coefficient (Wildman–Crippen LogP) is 3.46. The highest BCUT2D eigenvalue weighted by atomic mass is 19.2. The molecule has 0 radical (unpaired) electrons. The van der Waals surface area contributed by atoms with E-state index in [1.165, 1.54) is 0 Å². The van der Waals surface area contributed by atoms with Crippen molar-refractivity contribution in [2.24, 2.45) is 5.73 Å². The van der Waals surface area contributed by atoms with Crippen molar-refractivity contribution in [3.05, 3.63) is 47.8 Å². The highest BCUT2D eigenvalue weighted by molar-refractivity contribution is 5.22. The maximum atomic E-state index is 12.9. The molecule has 1 nitrogen and oxygen atoms in total. The number of hydrogen-bond acceptors (Lipinski definition) is 1. The average molecular weight is 229 g/mol. The van der Waals surface area contributed by atoms with Crippen molar-refractivity contribution in [1.29, 1.82) is 0 Å². The first-order valence-electron chi connectivity index (χ1n) is 5.07. The predicted molar refractivity (Wildman–Crippen MR) is 57.3 cm³/mol. The van der Waals surface area contributed by atoms with Gasteiger partial charge in [-0.2, -0.15) is 0 Å². The van der Waals surface area contributed by atoms with E-state index in [1.54, 1.807) is 6.08 Å². The highest BCUT2D eigenvalue weighted by Crippen LogP contribution is 2.21. The Labute approximate surface area is 92.8 Å². The van der Waals surface area contributed by atoms with Crippen molar-refractivity contribution in [1.82, 2.24) is 0 Å². The summed E-state index contributed by atoms with van der Waals surface area (Å²) in [5, 5.41) is 0. The van der Waals surface area contributed by atoms with E-state index >= 15 is 0 Å². The first-order valence-corrected chi connectivity index (χ1v) is 5.07. The zero-order valence-electron chi connectivity index (χ0n) is 8.85.